The van der Waals surface area contributed by atoms with E-state index in [0.717, 1.165) is 62.1 Å². The number of fused-ring (bicyclic) bond motifs is 2. The van der Waals surface area contributed by atoms with Crippen LogP contribution in [0.3, 0.4) is 0 Å². The number of benzene rings is 2. The Bertz CT molecular complexity index is 870. The zero-order valence-corrected chi connectivity index (χ0v) is 14.1. The molecule has 5 rings (SSSR count). The Hall–Kier alpha value is -2.40. The molecule has 1 saturated heterocycles. The van der Waals surface area contributed by atoms with E-state index in [1.54, 1.807) is 0 Å². The molecule has 3 heterocycles. The van der Waals surface area contributed by atoms with Crippen molar-refractivity contribution in [3.8, 4) is 5.75 Å². The standard InChI is InChI=1S/C20H21N3O2/c1-2-4-19-16(3-1)14-20(24-19)8-11-23(12-9-20)10-7-15-5-6-17-18(13-15)22-25-21-17/h1-6,13H,7-12,14H2. The van der Waals surface area contributed by atoms with Crippen molar-refractivity contribution in [2.24, 2.45) is 0 Å². The van der Waals surface area contributed by atoms with Gasteiger partial charge in [0.1, 0.15) is 22.4 Å². The monoisotopic (exact) mass is 335 g/mol. The number of hydrogen-bond donors (Lipinski definition) is 0. The SMILES string of the molecule is c1ccc2c(c1)CC1(CCN(CCc3ccc4nonc4c3)CC1)O2. The van der Waals surface area contributed by atoms with Gasteiger partial charge in [0.2, 0.25) is 0 Å². The van der Waals surface area contributed by atoms with Crippen LogP contribution in [0, 0.1) is 0 Å². The van der Waals surface area contributed by atoms with Crippen LogP contribution in [0.2, 0.25) is 0 Å². The number of nitrogens with zero attached hydrogens (tertiary/aromatic N) is 3. The number of hydrogen-bond acceptors (Lipinski definition) is 5. The number of rotatable bonds is 3. The molecule has 1 fully saturated rings. The molecule has 2 aromatic carbocycles. The fraction of sp³-hybridized carbons (Fsp3) is 0.400. The Morgan fingerprint density at radius 3 is 2.72 bits per heavy atom. The van der Waals surface area contributed by atoms with Gasteiger partial charge in [-0.05, 0) is 46.1 Å². The van der Waals surface area contributed by atoms with E-state index >= 15 is 0 Å². The van der Waals surface area contributed by atoms with Gasteiger partial charge in [-0.3, -0.25) is 0 Å². The van der Waals surface area contributed by atoms with Crippen LogP contribution in [0.15, 0.2) is 47.1 Å². The van der Waals surface area contributed by atoms with Crippen molar-refractivity contribution in [3.05, 3.63) is 53.6 Å². The number of para-hydroxylation sites is 1. The summed E-state index contributed by atoms with van der Waals surface area (Å²) in [6, 6.07) is 14.7. The normalized spacial score (nSPS) is 19.2. The van der Waals surface area contributed by atoms with Gasteiger partial charge in [-0.15, -0.1) is 0 Å². The highest BCUT2D eigenvalue weighted by Crippen LogP contribution is 2.40. The first-order chi connectivity index (χ1) is 12.3. The molecule has 0 radical (unpaired) electrons. The van der Waals surface area contributed by atoms with E-state index in [1.165, 1.54) is 11.1 Å². The van der Waals surface area contributed by atoms with E-state index in [1.807, 2.05) is 6.07 Å². The minimum Gasteiger partial charge on any atom is -0.487 e. The molecule has 1 spiro atoms. The minimum atomic E-state index is 0.0332. The van der Waals surface area contributed by atoms with Gasteiger partial charge in [0.05, 0.1) is 0 Å². The Kier molecular flexibility index (Phi) is 3.48. The molecule has 2 aliphatic rings. The van der Waals surface area contributed by atoms with Crippen LogP contribution in [-0.2, 0) is 12.8 Å². The summed E-state index contributed by atoms with van der Waals surface area (Å²) in [6.07, 6.45) is 4.30. The van der Waals surface area contributed by atoms with E-state index in [-0.39, 0.29) is 5.60 Å². The highest BCUT2D eigenvalue weighted by molar-refractivity contribution is 5.73. The van der Waals surface area contributed by atoms with E-state index in [9.17, 15) is 0 Å². The van der Waals surface area contributed by atoms with Crippen molar-refractivity contribution in [1.82, 2.24) is 15.2 Å². The average Bonchev–Trinajstić information content (AvgIpc) is 3.24. The molecule has 0 atom stereocenters. The van der Waals surface area contributed by atoms with Crippen LogP contribution in [0.25, 0.3) is 11.0 Å². The summed E-state index contributed by atoms with van der Waals surface area (Å²) < 4.78 is 11.1. The molecule has 0 N–H and O–H groups in total. The molecule has 0 amide bonds. The third-order valence-electron chi connectivity index (χ3n) is 5.61. The summed E-state index contributed by atoms with van der Waals surface area (Å²) in [5, 5.41) is 7.78. The second kappa shape index (κ2) is 5.85. The zero-order chi connectivity index (χ0) is 16.7. The van der Waals surface area contributed by atoms with Gasteiger partial charge in [0.15, 0.2) is 0 Å². The lowest BCUT2D eigenvalue weighted by molar-refractivity contribution is 0.0198. The molecule has 2 aliphatic heterocycles. The van der Waals surface area contributed by atoms with Crippen molar-refractivity contribution >= 4 is 11.0 Å². The predicted molar refractivity (Wildman–Crippen MR) is 94.7 cm³/mol. The van der Waals surface area contributed by atoms with Crippen LogP contribution < -0.4 is 4.74 Å². The van der Waals surface area contributed by atoms with E-state index in [2.05, 4.69) is 51.6 Å². The molecule has 25 heavy (non-hydrogen) atoms. The number of ether oxygens (including phenoxy) is 1. The second-order valence-corrected chi connectivity index (χ2v) is 7.25. The van der Waals surface area contributed by atoms with Gasteiger partial charge < -0.3 is 9.64 Å². The molecule has 5 heteroatoms. The summed E-state index contributed by atoms with van der Waals surface area (Å²) in [6.45, 7) is 3.27. The Morgan fingerprint density at radius 1 is 1.00 bits per heavy atom. The molecule has 128 valence electrons. The third kappa shape index (κ3) is 2.78. The maximum absolute atomic E-state index is 6.33. The van der Waals surface area contributed by atoms with Crippen LogP contribution in [0.4, 0.5) is 0 Å². The van der Waals surface area contributed by atoms with Crippen molar-refractivity contribution < 1.29 is 9.37 Å². The summed E-state index contributed by atoms with van der Waals surface area (Å²) in [5.74, 6) is 1.09. The molecule has 0 saturated carbocycles. The van der Waals surface area contributed by atoms with Gasteiger partial charge in [-0.25, -0.2) is 4.63 Å². The smallest absolute Gasteiger partial charge is 0.135 e. The fourth-order valence-electron chi connectivity index (χ4n) is 4.10. The van der Waals surface area contributed by atoms with Crippen molar-refractivity contribution in [2.75, 3.05) is 19.6 Å². The maximum Gasteiger partial charge on any atom is 0.135 e. The molecular weight excluding hydrogens is 314 g/mol. The Morgan fingerprint density at radius 2 is 1.84 bits per heavy atom. The first kappa shape index (κ1) is 14.9. The lowest BCUT2D eigenvalue weighted by atomic mass is 9.87. The summed E-state index contributed by atoms with van der Waals surface area (Å²) >= 11 is 0. The van der Waals surface area contributed by atoms with E-state index in [0.29, 0.717) is 0 Å². The van der Waals surface area contributed by atoms with Crippen molar-refractivity contribution in [2.45, 2.75) is 31.3 Å². The average molecular weight is 335 g/mol. The van der Waals surface area contributed by atoms with Crippen molar-refractivity contribution in [3.63, 3.8) is 0 Å². The molecule has 5 nitrogen and oxygen atoms in total. The van der Waals surface area contributed by atoms with E-state index in [4.69, 9.17) is 9.37 Å². The Labute approximate surface area is 146 Å². The number of likely N-dealkylation sites (tertiary alicyclic amines) is 1. The van der Waals surface area contributed by atoms with Gasteiger partial charge in [0.25, 0.3) is 0 Å². The topological polar surface area (TPSA) is 51.4 Å². The van der Waals surface area contributed by atoms with Crippen LogP contribution in [0.1, 0.15) is 24.0 Å². The third-order valence-corrected chi connectivity index (χ3v) is 5.61. The Balaban J connectivity index is 1.18. The second-order valence-electron chi connectivity index (χ2n) is 7.25. The fourth-order valence-corrected chi connectivity index (χ4v) is 4.10. The first-order valence-electron chi connectivity index (χ1n) is 9.00. The lowest BCUT2D eigenvalue weighted by Gasteiger charge is -2.38. The largest absolute Gasteiger partial charge is 0.487 e. The van der Waals surface area contributed by atoms with E-state index < -0.39 is 0 Å². The predicted octanol–water partition coefficient (Wildman–Crippen LogP) is 3.24. The van der Waals surface area contributed by atoms with Gasteiger partial charge >= 0.3 is 0 Å². The number of piperidine rings is 1. The van der Waals surface area contributed by atoms with Gasteiger partial charge in [0, 0.05) is 38.9 Å². The lowest BCUT2D eigenvalue weighted by Crippen LogP contribution is -2.47. The first-order valence-corrected chi connectivity index (χ1v) is 9.00. The molecule has 1 aromatic heterocycles. The summed E-state index contributed by atoms with van der Waals surface area (Å²) in [4.78, 5) is 2.54. The van der Waals surface area contributed by atoms with Gasteiger partial charge in [-0.2, -0.15) is 0 Å². The molecule has 0 unspecified atom stereocenters. The molecule has 0 aliphatic carbocycles. The highest BCUT2D eigenvalue weighted by Gasteiger charge is 2.41. The molecule has 0 bridgehead atoms. The van der Waals surface area contributed by atoms with Crippen molar-refractivity contribution in [1.29, 1.82) is 0 Å². The van der Waals surface area contributed by atoms with Gasteiger partial charge in [-0.1, -0.05) is 24.3 Å². The number of aromatic nitrogens is 2. The van der Waals surface area contributed by atoms with Crippen LogP contribution in [0.5, 0.6) is 5.75 Å². The quantitative estimate of drug-likeness (QED) is 0.735. The highest BCUT2D eigenvalue weighted by atomic mass is 16.6. The molecular formula is C20H21N3O2. The van der Waals surface area contributed by atoms with Crippen LogP contribution >= 0.6 is 0 Å². The summed E-state index contributed by atoms with van der Waals surface area (Å²) in [5.41, 5.74) is 4.35. The van der Waals surface area contributed by atoms with Crippen LogP contribution in [-0.4, -0.2) is 40.4 Å². The summed E-state index contributed by atoms with van der Waals surface area (Å²) in [7, 11) is 0. The maximum atomic E-state index is 6.33. The molecule has 3 aromatic rings. The minimum absolute atomic E-state index is 0.0332. The zero-order valence-electron chi connectivity index (χ0n) is 14.1.